The quantitative estimate of drug-likeness (QED) is 0.648. The van der Waals surface area contributed by atoms with E-state index in [1.54, 1.807) is 6.07 Å². The lowest BCUT2D eigenvalue weighted by Crippen LogP contribution is -1.99. The molecule has 1 aromatic heterocycles. The van der Waals surface area contributed by atoms with Gasteiger partial charge in [0.05, 0.1) is 5.69 Å². The Labute approximate surface area is 136 Å². The zero-order valence-electron chi connectivity index (χ0n) is 13.7. The highest BCUT2D eigenvalue weighted by atomic mass is 19.1. The Morgan fingerprint density at radius 3 is 2.61 bits per heavy atom. The van der Waals surface area contributed by atoms with Crippen LogP contribution in [0.5, 0.6) is 0 Å². The Balaban J connectivity index is 2.21. The maximum Gasteiger partial charge on any atom is 0.132 e. The molecule has 23 heavy (non-hydrogen) atoms. The molecule has 0 fully saturated rings. The van der Waals surface area contributed by atoms with E-state index in [1.807, 2.05) is 12.1 Å². The lowest BCUT2D eigenvalue weighted by atomic mass is 9.98. The summed E-state index contributed by atoms with van der Waals surface area (Å²) in [4.78, 5) is 3.47. The number of H-pyrrole nitrogens is 1. The summed E-state index contributed by atoms with van der Waals surface area (Å²) in [6.45, 7) is 4.89. The summed E-state index contributed by atoms with van der Waals surface area (Å²) in [5.74, 6) is -0.187. The second-order valence-electron chi connectivity index (χ2n) is 6.21. The zero-order chi connectivity index (χ0) is 16.4. The first-order valence-electron chi connectivity index (χ1n) is 8.18. The fourth-order valence-corrected chi connectivity index (χ4v) is 3.31. The van der Waals surface area contributed by atoms with E-state index >= 15 is 0 Å². The van der Waals surface area contributed by atoms with Gasteiger partial charge in [0.1, 0.15) is 5.82 Å². The van der Waals surface area contributed by atoms with Crippen LogP contribution in [0.2, 0.25) is 0 Å². The number of benzene rings is 2. The van der Waals surface area contributed by atoms with Crippen LogP contribution in [0, 0.1) is 19.7 Å². The van der Waals surface area contributed by atoms with Gasteiger partial charge < -0.3 is 10.7 Å². The third-order valence-corrected chi connectivity index (χ3v) is 4.38. The fraction of sp³-hybridized carbons (Fsp3) is 0.300. The van der Waals surface area contributed by atoms with Gasteiger partial charge >= 0.3 is 0 Å². The molecule has 0 amide bonds. The van der Waals surface area contributed by atoms with Crippen molar-refractivity contribution in [3.63, 3.8) is 0 Å². The van der Waals surface area contributed by atoms with Crippen molar-refractivity contribution < 1.29 is 4.39 Å². The molecule has 0 aliphatic rings. The SMILES string of the molecule is Cc1cc(C)c2[nH]c(-c3ccccc3F)c(CCCCN)c2c1. The van der Waals surface area contributed by atoms with Gasteiger partial charge in [0.2, 0.25) is 0 Å². The molecule has 0 spiro atoms. The highest BCUT2D eigenvalue weighted by Crippen LogP contribution is 2.34. The Hall–Kier alpha value is -2.13. The van der Waals surface area contributed by atoms with E-state index in [0.717, 1.165) is 30.5 Å². The second kappa shape index (κ2) is 6.55. The van der Waals surface area contributed by atoms with Gasteiger partial charge in [0.25, 0.3) is 0 Å². The number of rotatable bonds is 5. The number of hydrogen-bond donors (Lipinski definition) is 2. The minimum atomic E-state index is -0.187. The van der Waals surface area contributed by atoms with E-state index in [0.29, 0.717) is 12.1 Å². The lowest BCUT2D eigenvalue weighted by Gasteiger charge is -2.06. The van der Waals surface area contributed by atoms with Gasteiger partial charge in [0.15, 0.2) is 0 Å². The fourth-order valence-electron chi connectivity index (χ4n) is 3.31. The van der Waals surface area contributed by atoms with Crippen molar-refractivity contribution in [3.8, 4) is 11.3 Å². The molecule has 0 aliphatic carbocycles. The molecule has 0 saturated heterocycles. The summed E-state index contributed by atoms with van der Waals surface area (Å²) in [7, 11) is 0. The number of aromatic nitrogens is 1. The number of fused-ring (bicyclic) bond motifs is 1. The number of hydrogen-bond acceptors (Lipinski definition) is 1. The number of aryl methyl sites for hydroxylation is 3. The maximum absolute atomic E-state index is 14.3. The molecule has 0 saturated carbocycles. The highest BCUT2D eigenvalue weighted by molar-refractivity contribution is 5.93. The first kappa shape index (κ1) is 15.8. The van der Waals surface area contributed by atoms with Crippen molar-refractivity contribution in [1.82, 2.24) is 4.98 Å². The molecule has 3 N–H and O–H groups in total. The normalized spacial score (nSPS) is 11.3. The van der Waals surface area contributed by atoms with Gasteiger partial charge in [-0.05, 0) is 69.0 Å². The van der Waals surface area contributed by atoms with Crippen molar-refractivity contribution in [2.45, 2.75) is 33.1 Å². The van der Waals surface area contributed by atoms with Crippen molar-refractivity contribution in [2.24, 2.45) is 5.73 Å². The van der Waals surface area contributed by atoms with Crippen LogP contribution in [0.15, 0.2) is 36.4 Å². The van der Waals surface area contributed by atoms with Crippen LogP contribution in [0.4, 0.5) is 4.39 Å². The molecule has 3 rings (SSSR count). The van der Waals surface area contributed by atoms with Gasteiger partial charge in [0, 0.05) is 16.5 Å². The monoisotopic (exact) mass is 310 g/mol. The van der Waals surface area contributed by atoms with Crippen LogP contribution in [0.3, 0.4) is 0 Å². The van der Waals surface area contributed by atoms with Crippen LogP contribution in [0.1, 0.15) is 29.5 Å². The van der Waals surface area contributed by atoms with Crippen LogP contribution in [-0.4, -0.2) is 11.5 Å². The van der Waals surface area contributed by atoms with Gasteiger partial charge in [-0.1, -0.05) is 23.8 Å². The summed E-state index contributed by atoms with van der Waals surface area (Å²) in [6.07, 6.45) is 2.90. The maximum atomic E-state index is 14.3. The van der Waals surface area contributed by atoms with Crippen LogP contribution in [0.25, 0.3) is 22.2 Å². The standard InChI is InChI=1S/C20H23FN2/c1-13-11-14(2)19-17(12-13)15(7-5-6-10-22)20(23-19)16-8-3-4-9-18(16)21/h3-4,8-9,11-12,23H,5-7,10,22H2,1-2H3. The number of unbranched alkanes of at least 4 members (excludes halogenated alkanes) is 1. The zero-order valence-corrected chi connectivity index (χ0v) is 13.7. The minimum Gasteiger partial charge on any atom is -0.354 e. The summed E-state index contributed by atoms with van der Waals surface area (Å²) < 4.78 is 14.3. The molecule has 3 heteroatoms. The van der Waals surface area contributed by atoms with Crippen LogP contribution < -0.4 is 5.73 Å². The number of aromatic amines is 1. The Bertz CT molecular complexity index is 833. The van der Waals surface area contributed by atoms with Gasteiger partial charge in [-0.2, -0.15) is 0 Å². The molecule has 2 nitrogen and oxygen atoms in total. The summed E-state index contributed by atoms with van der Waals surface area (Å²) in [5, 5.41) is 1.21. The predicted molar refractivity (Wildman–Crippen MR) is 95.2 cm³/mol. The molecule has 0 atom stereocenters. The summed E-state index contributed by atoms with van der Waals surface area (Å²) >= 11 is 0. The minimum absolute atomic E-state index is 0.187. The van der Waals surface area contributed by atoms with E-state index in [1.165, 1.54) is 28.1 Å². The molecular formula is C20H23FN2. The Morgan fingerprint density at radius 2 is 1.87 bits per heavy atom. The summed E-state index contributed by atoms with van der Waals surface area (Å²) in [6, 6.07) is 11.3. The smallest absolute Gasteiger partial charge is 0.132 e. The van der Waals surface area contributed by atoms with E-state index in [2.05, 4.69) is 31.0 Å². The first-order valence-corrected chi connectivity index (χ1v) is 8.18. The van der Waals surface area contributed by atoms with Crippen molar-refractivity contribution in [3.05, 3.63) is 58.9 Å². The topological polar surface area (TPSA) is 41.8 Å². The molecule has 0 unspecified atom stereocenters. The number of nitrogens with two attached hydrogens (primary N) is 1. The molecular weight excluding hydrogens is 287 g/mol. The van der Waals surface area contributed by atoms with Crippen molar-refractivity contribution >= 4 is 10.9 Å². The third-order valence-electron chi connectivity index (χ3n) is 4.38. The molecule has 120 valence electrons. The molecule has 3 aromatic rings. The van der Waals surface area contributed by atoms with E-state index < -0.39 is 0 Å². The predicted octanol–water partition coefficient (Wildman–Crippen LogP) is 4.87. The molecule has 2 aromatic carbocycles. The van der Waals surface area contributed by atoms with Crippen molar-refractivity contribution in [2.75, 3.05) is 6.54 Å². The lowest BCUT2D eigenvalue weighted by molar-refractivity contribution is 0.630. The number of halogens is 1. The van der Waals surface area contributed by atoms with Gasteiger partial charge in [-0.25, -0.2) is 4.39 Å². The van der Waals surface area contributed by atoms with E-state index in [9.17, 15) is 4.39 Å². The second-order valence-corrected chi connectivity index (χ2v) is 6.21. The van der Waals surface area contributed by atoms with Crippen LogP contribution in [-0.2, 0) is 6.42 Å². The average Bonchev–Trinajstić information content (AvgIpc) is 2.87. The third kappa shape index (κ3) is 3.02. The average molecular weight is 310 g/mol. The summed E-state index contributed by atoms with van der Waals surface area (Å²) in [5.41, 5.74) is 11.9. The molecule has 1 heterocycles. The Kier molecular flexibility index (Phi) is 4.49. The number of nitrogens with one attached hydrogen (secondary N) is 1. The Morgan fingerprint density at radius 1 is 1.09 bits per heavy atom. The molecule has 0 bridgehead atoms. The van der Waals surface area contributed by atoms with Gasteiger partial charge in [-0.15, -0.1) is 0 Å². The molecule has 0 radical (unpaired) electrons. The first-order chi connectivity index (χ1) is 11.1. The van der Waals surface area contributed by atoms with E-state index in [-0.39, 0.29) is 5.82 Å². The van der Waals surface area contributed by atoms with Crippen molar-refractivity contribution in [1.29, 1.82) is 0 Å². The highest BCUT2D eigenvalue weighted by Gasteiger charge is 2.16. The van der Waals surface area contributed by atoms with E-state index in [4.69, 9.17) is 5.73 Å². The largest absolute Gasteiger partial charge is 0.354 e. The van der Waals surface area contributed by atoms with Crippen LogP contribution >= 0.6 is 0 Å². The van der Waals surface area contributed by atoms with Gasteiger partial charge in [-0.3, -0.25) is 0 Å². The molecule has 0 aliphatic heterocycles.